The summed E-state index contributed by atoms with van der Waals surface area (Å²) in [5.41, 5.74) is 1.81. The molecule has 1 fully saturated rings. The highest BCUT2D eigenvalue weighted by molar-refractivity contribution is 7.99. The predicted octanol–water partition coefficient (Wildman–Crippen LogP) is 4.49. The summed E-state index contributed by atoms with van der Waals surface area (Å²) < 4.78 is 12.4. The Labute approximate surface area is 245 Å². The minimum Gasteiger partial charge on any atom is -0.454 e. The number of para-hydroxylation sites is 1. The first kappa shape index (κ1) is 27.2. The zero-order chi connectivity index (χ0) is 28.3. The first-order chi connectivity index (χ1) is 20.0. The van der Waals surface area contributed by atoms with Crippen molar-refractivity contribution in [2.45, 2.75) is 18.1 Å². The second kappa shape index (κ2) is 11.8. The molecule has 1 saturated heterocycles. The van der Waals surface area contributed by atoms with E-state index in [4.69, 9.17) is 26.1 Å². The number of benzene rings is 3. The highest BCUT2D eigenvalue weighted by Crippen LogP contribution is 2.35. The van der Waals surface area contributed by atoms with Gasteiger partial charge in [0.2, 0.25) is 12.7 Å². The molecule has 0 unspecified atom stereocenters. The fraction of sp³-hybridized carbons (Fsp3) is 0.267. The third-order valence-electron chi connectivity index (χ3n) is 7.22. The van der Waals surface area contributed by atoms with Crippen molar-refractivity contribution in [3.63, 3.8) is 0 Å². The SMILES string of the molecule is O=C(CSc1nc2cc3c(cc2c(=O)n1CCC(=O)N1CCN(c2ccccc2)CC1)OCO3)c1ccc(Cl)cc1. The van der Waals surface area contributed by atoms with Crippen LogP contribution >= 0.6 is 23.4 Å². The molecule has 11 heteroatoms. The van der Waals surface area contributed by atoms with Gasteiger partial charge < -0.3 is 19.3 Å². The number of fused-ring (bicyclic) bond motifs is 2. The van der Waals surface area contributed by atoms with Crippen molar-refractivity contribution in [1.29, 1.82) is 0 Å². The molecule has 3 aromatic carbocycles. The van der Waals surface area contributed by atoms with Crippen molar-refractivity contribution >= 4 is 51.6 Å². The molecule has 0 N–H and O–H groups in total. The van der Waals surface area contributed by atoms with Gasteiger partial charge in [0, 0.05) is 61.5 Å². The highest BCUT2D eigenvalue weighted by Gasteiger charge is 2.23. The molecule has 0 atom stereocenters. The van der Waals surface area contributed by atoms with Gasteiger partial charge in [-0.2, -0.15) is 0 Å². The Morgan fingerprint density at radius 1 is 0.927 bits per heavy atom. The van der Waals surface area contributed by atoms with Crippen LogP contribution in [0.25, 0.3) is 10.9 Å². The Kier molecular flexibility index (Phi) is 7.84. The summed E-state index contributed by atoms with van der Waals surface area (Å²) in [5.74, 6) is 0.919. The molecule has 0 bridgehead atoms. The Hall–Kier alpha value is -4.02. The smallest absolute Gasteiger partial charge is 0.262 e. The largest absolute Gasteiger partial charge is 0.454 e. The van der Waals surface area contributed by atoms with Crippen LogP contribution < -0.4 is 19.9 Å². The molecule has 0 spiro atoms. The summed E-state index contributed by atoms with van der Waals surface area (Å²) in [5, 5.41) is 1.28. The maximum atomic E-state index is 13.7. The lowest BCUT2D eigenvalue weighted by Crippen LogP contribution is -2.49. The van der Waals surface area contributed by atoms with Gasteiger partial charge in [-0.05, 0) is 42.5 Å². The van der Waals surface area contributed by atoms with E-state index in [2.05, 4.69) is 17.0 Å². The van der Waals surface area contributed by atoms with Crippen molar-refractivity contribution in [2.75, 3.05) is 43.6 Å². The van der Waals surface area contributed by atoms with Crippen LogP contribution in [0.2, 0.25) is 5.02 Å². The molecule has 3 heterocycles. The molecule has 4 aromatic rings. The normalized spacial score (nSPS) is 14.5. The molecule has 0 aliphatic carbocycles. The van der Waals surface area contributed by atoms with E-state index in [1.54, 1.807) is 36.4 Å². The lowest BCUT2D eigenvalue weighted by Gasteiger charge is -2.36. The molecular formula is C30H27ClN4O5S. The maximum Gasteiger partial charge on any atom is 0.262 e. The minimum atomic E-state index is -0.295. The number of hydrogen-bond acceptors (Lipinski definition) is 8. The number of nitrogens with zero attached hydrogens (tertiary/aromatic N) is 4. The summed E-state index contributed by atoms with van der Waals surface area (Å²) in [4.78, 5) is 48.5. The first-order valence-corrected chi connectivity index (χ1v) is 14.7. The zero-order valence-electron chi connectivity index (χ0n) is 22.1. The molecule has 6 rings (SSSR count). The van der Waals surface area contributed by atoms with Crippen LogP contribution in [-0.2, 0) is 11.3 Å². The fourth-order valence-electron chi connectivity index (χ4n) is 4.97. The van der Waals surface area contributed by atoms with E-state index in [0.717, 1.165) is 18.8 Å². The van der Waals surface area contributed by atoms with Crippen LogP contribution in [0, 0.1) is 0 Å². The van der Waals surface area contributed by atoms with E-state index in [-0.39, 0.29) is 42.8 Å². The van der Waals surface area contributed by atoms with E-state index < -0.39 is 0 Å². The van der Waals surface area contributed by atoms with E-state index in [9.17, 15) is 14.4 Å². The number of carbonyl (C=O) groups excluding carboxylic acids is 2. The zero-order valence-corrected chi connectivity index (χ0v) is 23.7. The number of rotatable bonds is 8. The number of ether oxygens (including phenoxy) is 2. The van der Waals surface area contributed by atoms with Crippen LogP contribution in [0.4, 0.5) is 5.69 Å². The molecule has 2 aliphatic rings. The van der Waals surface area contributed by atoms with Gasteiger partial charge in [-0.15, -0.1) is 0 Å². The van der Waals surface area contributed by atoms with Crippen molar-refractivity contribution in [3.8, 4) is 11.5 Å². The quantitative estimate of drug-likeness (QED) is 0.168. The molecule has 2 aliphatic heterocycles. The van der Waals surface area contributed by atoms with Crippen molar-refractivity contribution < 1.29 is 19.1 Å². The number of piperazine rings is 1. The number of Topliss-reactive ketones (excluding diaryl/α,β-unsaturated/α-hetero) is 1. The van der Waals surface area contributed by atoms with Gasteiger partial charge in [-0.3, -0.25) is 19.0 Å². The Morgan fingerprint density at radius 2 is 1.63 bits per heavy atom. The number of ketones is 1. The molecular weight excluding hydrogens is 564 g/mol. The van der Waals surface area contributed by atoms with E-state index in [0.29, 0.717) is 51.2 Å². The molecule has 41 heavy (non-hydrogen) atoms. The average molecular weight is 591 g/mol. The second-order valence-corrected chi connectivity index (χ2v) is 11.1. The van der Waals surface area contributed by atoms with Crippen molar-refractivity contribution in [3.05, 3.63) is 87.7 Å². The summed E-state index contributed by atoms with van der Waals surface area (Å²) in [6.07, 6.45) is 0.141. The number of halogens is 1. The number of hydrogen-bond donors (Lipinski definition) is 0. The third kappa shape index (κ3) is 5.89. The topological polar surface area (TPSA) is 94.0 Å². The van der Waals surface area contributed by atoms with Crippen molar-refractivity contribution in [2.24, 2.45) is 0 Å². The van der Waals surface area contributed by atoms with Gasteiger partial charge in [0.05, 0.1) is 16.7 Å². The maximum absolute atomic E-state index is 13.7. The number of amides is 1. The van der Waals surface area contributed by atoms with Gasteiger partial charge in [0.25, 0.3) is 5.56 Å². The van der Waals surface area contributed by atoms with Gasteiger partial charge >= 0.3 is 0 Å². The lowest BCUT2D eigenvalue weighted by atomic mass is 10.1. The molecule has 1 amide bonds. The van der Waals surface area contributed by atoms with E-state index in [1.807, 2.05) is 23.1 Å². The van der Waals surface area contributed by atoms with Gasteiger partial charge in [-0.25, -0.2) is 4.98 Å². The summed E-state index contributed by atoms with van der Waals surface area (Å²) in [6.45, 7) is 2.93. The van der Waals surface area contributed by atoms with Crippen LogP contribution in [0.5, 0.6) is 11.5 Å². The predicted molar refractivity (Wildman–Crippen MR) is 158 cm³/mol. The van der Waals surface area contributed by atoms with E-state index in [1.165, 1.54) is 16.3 Å². The molecule has 9 nitrogen and oxygen atoms in total. The van der Waals surface area contributed by atoms with Crippen LogP contribution in [0.1, 0.15) is 16.8 Å². The van der Waals surface area contributed by atoms with Crippen molar-refractivity contribution in [1.82, 2.24) is 14.5 Å². The monoisotopic (exact) mass is 590 g/mol. The molecule has 1 aromatic heterocycles. The average Bonchev–Trinajstić information content (AvgIpc) is 3.47. The van der Waals surface area contributed by atoms with Gasteiger partial charge in [-0.1, -0.05) is 41.6 Å². The lowest BCUT2D eigenvalue weighted by molar-refractivity contribution is -0.131. The Morgan fingerprint density at radius 3 is 2.37 bits per heavy atom. The Bertz CT molecular complexity index is 1650. The molecule has 0 saturated carbocycles. The number of anilines is 1. The fourth-order valence-corrected chi connectivity index (χ4v) is 6.01. The first-order valence-electron chi connectivity index (χ1n) is 13.3. The van der Waals surface area contributed by atoms with Gasteiger partial charge in [0.15, 0.2) is 22.4 Å². The van der Waals surface area contributed by atoms with Crippen LogP contribution in [-0.4, -0.2) is 64.9 Å². The summed E-state index contributed by atoms with van der Waals surface area (Å²) in [7, 11) is 0. The highest BCUT2D eigenvalue weighted by atomic mass is 35.5. The summed E-state index contributed by atoms with van der Waals surface area (Å²) >= 11 is 7.13. The standard InChI is InChI=1S/C30H27ClN4O5S/c31-21-8-6-20(7-9-21)25(36)18-41-30-32-24-17-27-26(39-19-40-27)16-23(24)29(38)35(30)11-10-28(37)34-14-12-33(13-15-34)22-4-2-1-3-5-22/h1-9,16-17H,10-15,18-19H2. The van der Waals surface area contributed by atoms with Gasteiger partial charge in [0.1, 0.15) is 0 Å². The number of thioether (sulfide) groups is 1. The number of carbonyl (C=O) groups is 2. The molecule has 210 valence electrons. The summed E-state index contributed by atoms with van der Waals surface area (Å²) in [6, 6.07) is 20.1. The second-order valence-electron chi connectivity index (χ2n) is 9.75. The Balaban J connectivity index is 1.20. The van der Waals surface area contributed by atoms with E-state index >= 15 is 0 Å². The van der Waals surface area contributed by atoms with Crippen LogP contribution in [0.3, 0.4) is 0 Å². The minimum absolute atomic E-state index is 0.0245. The number of aromatic nitrogens is 2. The third-order valence-corrected chi connectivity index (χ3v) is 8.44. The van der Waals surface area contributed by atoms with Crippen LogP contribution in [0.15, 0.2) is 76.7 Å². The molecule has 0 radical (unpaired) electrons.